The molecule has 1 saturated heterocycles. The van der Waals surface area contributed by atoms with Gasteiger partial charge in [-0.2, -0.15) is 5.10 Å². The normalized spacial score (nSPS) is 14.0. The maximum absolute atomic E-state index is 12.7. The lowest BCUT2D eigenvalue weighted by Crippen LogP contribution is -2.61. The average molecular weight is 411 g/mol. The first-order chi connectivity index (χ1) is 13.8. The van der Waals surface area contributed by atoms with E-state index in [4.69, 9.17) is 5.73 Å². The number of aryl methyl sites for hydroxylation is 3. The number of likely N-dealkylation sites (tertiary alicyclic amines) is 1. The van der Waals surface area contributed by atoms with Crippen LogP contribution in [0, 0.1) is 20.8 Å². The van der Waals surface area contributed by atoms with Crippen molar-refractivity contribution < 1.29 is 9.59 Å². The molecule has 0 bridgehead atoms. The highest BCUT2D eigenvalue weighted by molar-refractivity contribution is 7.21. The highest BCUT2D eigenvalue weighted by Crippen LogP contribution is 2.34. The molecule has 150 valence electrons. The van der Waals surface area contributed by atoms with Gasteiger partial charge in [0.15, 0.2) is 0 Å². The van der Waals surface area contributed by atoms with Crippen LogP contribution >= 0.6 is 11.3 Å². The summed E-state index contributed by atoms with van der Waals surface area (Å²) in [4.78, 5) is 27.7. The van der Waals surface area contributed by atoms with Gasteiger partial charge in [-0.25, -0.2) is 4.79 Å². The topological polar surface area (TPSA) is 113 Å². The Bertz CT molecular complexity index is 1100. The number of aromatic nitrogens is 2. The van der Waals surface area contributed by atoms with Gasteiger partial charge in [-0.15, -0.1) is 16.4 Å². The number of urea groups is 1. The Labute approximate surface area is 172 Å². The number of carbonyl (C=O) groups excluding carboxylic acids is 2. The van der Waals surface area contributed by atoms with Crippen molar-refractivity contribution in [2.75, 3.05) is 24.1 Å². The Balaban J connectivity index is 1.37. The van der Waals surface area contributed by atoms with E-state index in [1.54, 1.807) is 4.90 Å². The lowest BCUT2D eigenvalue weighted by molar-refractivity contribution is 0.0869. The lowest BCUT2D eigenvalue weighted by Gasteiger charge is -2.39. The second-order valence-corrected chi connectivity index (χ2v) is 8.31. The van der Waals surface area contributed by atoms with Crippen molar-refractivity contribution in [2.45, 2.75) is 26.8 Å². The van der Waals surface area contributed by atoms with Crippen molar-refractivity contribution in [3.8, 4) is 0 Å². The minimum atomic E-state index is -0.244. The van der Waals surface area contributed by atoms with Crippen LogP contribution in [0.15, 0.2) is 24.3 Å². The molecule has 1 aliphatic rings. The van der Waals surface area contributed by atoms with E-state index >= 15 is 0 Å². The number of nitrogen functional groups attached to an aromatic ring is 1. The van der Waals surface area contributed by atoms with Crippen molar-refractivity contribution in [2.24, 2.45) is 0 Å². The average Bonchev–Trinajstić information content (AvgIpc) is 3.00. The third-order valence-electron chi connectivity index (χ3n) is 5.15. The SMILES string of the molecule is Cc1ccc(NC(=O)N2CC(NC(=O)c3sc4nnc(C)c(C)c4c3N)C2)cc1. The summed E-state index contributed by atoms with van der Waals surface area (Å²) in [6.45, 7) is 6.68. The van der Waals surface area contributed by atoms with Crippen LogP contribution in [-0.4, -0.2) is 46.2 Å². The van der Waals surface area contributed by atoms with Gasteiger partial charge in [0.05, 0.1) is 17.4 Å². The highest BCUT2D eigenvalue weighted by atomic mass is 32.1. The van der Waals surface area contributed by atoms with Crippen LogP contribution in [0.25, 0.3) is 10.2 Å². The van der Waals surface area contributed by atoms with Gasteiger partial charge in [-0.1, -0.05) is 17.7 Å². The second-order valence-electron chi connectivity index (χ2n) is 7.31. The summed E-state index contributed by atoms with van der Waals surface area (Å²) < 4.78 is 0. The quantitative estimate of drug-likeness (QED) is 0.614. The smallest absolute Gasteiger partial charge is 0.321 e. The van der Waals surface area contributed by atoms with E-state index in [1.807, 2.05) is 45.0 Å². The molecule has 0 unspecified atom stereocenters. The van der Waals surface area contributed by atoms with Crippen LogP contribution in [0.4, 0.5) is 16.2 Å². The van der Waals surface area contributed by atoms with E-state index in [1.165, 1.54) is 11.3 Å². The van der Waals surface area contributed by atoms with Gasteiger partial charge >= 0.3 is 6.03 Å². The van der Waals surface area contributed by atoms with Crippen LogP contribution in [0.3, 0.4) is 0 Å². The molecule has 1 fully saturated rings. The number of rotatable bonds is 3. The minimum Gasteiger partial charge on any atom is -0.397 e. The molecule has 2 aromatic heterocycles. The zero-order valence-electron chi connectivity index (χ0n) is 16.4. The maximum atomic E-state index is 12.7. The molecule has 0 saturated carbocycles. The predicted molar refractivity (Wildman–Crippen MR) is 114 cm³/mol. The second kappa shape index (κ2) is 7.32. The number of benzene rings is 1. The van der Waals surface area contributed by atoms with E-state index in [0.717, 1.165) is 27.9 Å². The third kappa shape index (κ3) is 3.61. The fourth-order valence-electron chi connectivity index (χ4n) is 3.24. The Hall–Kier alpha value is -3.20. The molecule has 4 rings (SSSR count). The molecule has 0 radical (unpaired) electrons. The van der Waals surface area contributed by atoms with Crippen molar-refractivity contribution >= 4 is 44.9 Å². The fraction of sp³-hybridized carbons (Fsp3) is 0.300. The highest BCUT2D eigenvalue weighted by Gasteiger charge is 2.33. The predicted octanol–water partition coefficient (Wildman–Crippen LogP) is 2.84. The Kier molecular flexibility index (Phi) is 4.83. The summed E-state index contributed by atoms with van der Waals surface area (Å²) in [6, 6.07) is 7.33. The minimum absolute atomic E-state index is 0.107. The molecule has 3 aromatic rings. The molecule has 3 heterocycles. The zero-order valence-corrected chi connectivity index (χ0v) is 17.3. The number of nitrogens with zero attached hydrogens (tertiary/aromatic N) is 3. The summed E-state index contributed by atoms with van der Waals surface area (Å²) in [5.41, 5.74) is 10.3. The number of thiophene rings is 1. The number of anilines is 2. The summed E-state index contributed by atoms with van der Waals surface area (Å²) in [6.07, 6.45) is 0. The fourth-order valence-corrected chi connectivity index (χ4v) is 4.24. The first kappa shape index (κ1) is 19.1. The molecule has 1 aromatic carbocycles. The van der Waals surface area contributed by atoms with Crippen molar-refractivity contribution in [3.63, 3.8) is 0 Å². The monoisotopic (exact) mass is 410 g/mol. The van der Waals surface area contributed by atoms with Crippen LogP contribution < -0.4 is 16.4 Å². The number of nitrogens with one attached hydrogen (secondary N) is 2. The maximum Gasteiger partial charge on any atom is 0.321 e. The number of nitrogens with two attached hydrogens (primary N) is 1. The molecule has 4 N–H and O–H groups in total. The van der Waals surface area contributed by atoms with Crippen molar-refractivity contribution in [1.82, 2.24) is 20.4 Å². The molecular formula is C20H22N6O2S. The number of hydrogen-bond donors (Lipinski definition) is 3. The molecule has 8 nitrogen and oxygen atoms in total. The number of hydrogen-bond acceptors (Lipinski definition) is 6. The van der Waals surface area contributed by atoms with Gasteiger partial charge in [0.25, 0.3) is 5.91 Å². The zero-order chi connectivity index (χ0) is 20.7. The Morgan fingerprint density at radius 2 is 1.83 bits per heavy atom. The molecule has 29 heavy (non-hydrogen) atoms. The summed E-state index contributed by atoms with van der Waals surface area (Å²) in [5, 5.41) is 14.8. The third-order valence-corrected chi connectivity index (χ3v) is 6.24. The van der Waals surface area contributed by atoms with E-state index in [9.17, 15) is 9.59 Å². The van der Waals surface area contributed by atoms with Crippen molar-refractivity contribution in [3.05, 3.63) is 46.0 Å². The first-order valence-corrected chi connectivity index (χ1v) is 10.1. The standard InChI is InChI=1S/C20H22N6O2S/c1-10-4-6-13(7-5-10)23-20(28)26-8-14(9-26)22-18(27)17-16(21)15-11(2)12(3)24-25-19(15)29-17/h4-7,14H,8-9,21H2,1-3H3,(H,22,27)(H,23,28). The van der Waals surface area contributed by atoms with Gasteiger partial charge in [0.2, 0.25) is 0 Å². The van der Waals surface area contributed by atoms with Crippen LogP contribution in [0.5, 0.6) is 0 Å². The van der Waals surface area contributed by atoms with E-state index in [-0.39, 0.29) is 18.0 Å². The van der Waals surface area contributed by atoms with Gasteiger partial charge in [-0.3, -0.25) is 4.79 Å². The Morgan fingerprint density at radius 3 is 2.52 bits per heavy atom. The number of fused-ring (bicyclic) bond motifs is 1. The first-order valence-electron chi connectivity index (χ1n) is 9.28. The van der Waals surface area contributed by atoms with Gasteiger partial charge in [0.1, 0.15) is 9.71 Å². The summed E-state index contributed by atoms with van der Waals surface area (Å²) in [5.74, 6) is -0.244. The molecular weight excluding hydrogens is 388 g/mol. The van der Waals surface area contributed by atoms with E-state index < -0.39 is 0 Å². The molecule has 0 atom stereocenters. The van der Waals surface area contributed by atoms with Gasteiger partial charge < -0.3 is 21.3 Å². The largest absolute Gasteiger partial charge is 0.397 e. The molecule has 9 heteroatoms. The number of amides is 3. The molecule has 1 aliphatic heterocycles. The molecule has 3 amide bonds. The Morgan fingerprint density at radius 1 is 1.14 bits per heavy atom. The molecule has 0 aliphatic carbocycles. The van der Waals surface area contributed by atoms with Crippen molar-refractivity contribution in [1.29, 1.82) is 0 Å². The molecule has 0 spiro atoms. The van der Waals surface area contributed by atoms with Crippen LogP contribution in [0.1, 0.15) is 26.5 Å². The van der Waals surface area contributed by atoms with E-state index in [0.29, 0.717) is 28.5 Å². The summed E-state index contributed by atoms with van der Waals surface area (Å²) in [7, 11) is 0. The van der Waals surface area contributed by atoms with Gasteiger partial charge in [-0.05, 0) is 38.5 Å². The number of carbonyl (C=O) groups is 2. The van der Waals surface area contributed by atoms with Gasteiger partial charge in [0, 0.05) is 24.2 Å². The van der Waals surface area contributed by atoms with E-state index in [2.05, 4.69) is 20.8 Å². The summed E-state index contributed by atoms with van der Waals surface area (Å²) >= 11 is 1.24. The lowest BCUT2D eigenvalue weighted by atomic mass is 10.1. The van der Waals surface area contributed by atoms with Crippen LogP contribution in [0.2, 0.25) is 0 Å². The van der Waals surface area contributed by atoms with Crippen LogP contribution in [-0.2, 0) is 0 Å².